The quantitative estimate of drug-likeness (QED) is 0.423. The Kier molecular flexibility index (Phi) is 6.78. The minimum absolute atomic E-state index is 0.0995. The van der Waals surface area contributed by atoms with Crippen molar-refractivity contribution < 1.29 is 28.7 Å². The molecule has 2 aromatic rings. The van der Waals surface area contributed by atoms with Crippen molar-refractivity contribution in [3.8, 4) is 11.5 Å². The number of rotatable bonds is 7. The maximum Gasteiger partial charge on any atom is 0.345 e. The average Bonchev–Trinajstić information content (AvgIpc) is 2.67. The molecule has 0 heterocycles. The van der Waals surface area contributed by atoms with Crippen molar-refractivity contribution in [2.45, 2.75) is 13.0 Å². The molecule has 28 heavy (non-hydrogen) atoms. The van der Waals surface area contributed by atoms with Crippen LogP contribution in [-0.2, 0) is 9.53 Å². The fraction of sp³-hybridized carbons (Fsp3) is 0.222. The van der Waals surface area contributed by atoms with Gasteiger partial charge in [0.25, 0.3) is 11.6 Å². The van der Waals surface area contributed by atoms with Gasteiger partial charge in [-0.1, -0.05) is 11.6 Å². The van der Waals surface area contributed by atoms with Gasteiger partial charge in [0.2, 0.25) is 0 Å². The van der Waals surface area contributed by atoms with Gasteiger partial charge >= 0.3 is 5.97 Å². The Morgan fingerprint density at radius 2 is 1.79 bits per heavy atom. The first kappa shape index (κ1) is 21.0. The SMILES string of the molecule is COc1ccc(NC(=O)C(C)OC(=O)c2ccc(Cl)cc2[N+](=O)[O-])cc1OC. The van der Waals surface area contributed by atoms with Crippen LogP contribution in [0.1, 0.15) is 17.3 Å². The minimum Gasteiger partial charge on any atom is -0.493 e. The summed E-state index contributed by atoms with van der Waals surface area (Å²) in [6.07, 6.45) is -1.21. The number of benzene rings is 2. The molecule has 10 heteroatoms. The molecule has 2 rings (SSSR count). The number of ether oxygens (including phenoxy) is 3. The minimum atomic E-state index is -1.21. The van der Waals surface area contributed by atoms with Crippen molar-refractivity contribution >= 4 is 34.9 Å². The van der Waals surface area contributed by atoms with E-state index in [-0.39, 0.29) is 10.6 Å². The molecule has 0 saturated carbocycles. The number of methoxy groups -OCH3 is 2. The fourth-order valence-electron chi connectivity index (χ4n) is 2.26. The lowest BCUT2D eigenvalue weighted by Gasteiger charge is -2.15. The number of amides is 1. The summed E-state index contributed by atoms with van der Waals surface area (Å²) < 4.78 is 15.3. The molecular formula is C18H17ClN2O7. The summed E-state index contributed by atoms with van der Waals surface area (Å²) in [5.74, 6) is -0.757. The normalized spacial score (nSPS) is 11.3. The van der Waals surface area contributed by atoms with Crippen molar-refractivity contribution in [2.75, 3.05) is 19.5 Å². The summed E-state index contributed by atoms with van der Waals surface area (Å²) in [7, 11) is 2.93. The molecule has 0 bridgehead atoms. The van der Waals surface area contributed by atoms with Gasteiger partial charge in [-0.05, 0) is 31.2 Å². The molecule has 0 aliphatic carbocycles. The van der Waals surface area contributed by atoms with Gasteiger partial charge in [0.05, 0.1) is 19.1 Å². The maximum atomic E-state index is 12.3. The number of nitrogens with zero attached hydrogens (tertiary/aromatic N) is 1. The molecule has 0 radical (unpaired) electrons. The van der Waals surface area contributed by atoms with E-state index in [0.717, 1.165) is 6.07 Å². The fourth-order valence-corrected chi connectivity index (χ4v) is 2.43. The number of carbonyl (C=O) groups excluding carboxylic acids is 2. The van der Waals surface area contributed by atoms with Gasteiger partial charge in [0.15, 0.2) is 17.6 Å². The van der Waals surface area contributed by atoms with Gasteiger partial charge in [-0.25, -0.2) is 4.79 Å². The summed E-state index contributed by atoms with van der Waals surface area (Å²) in [6.45, 7) is 1.34. The van der Waals surface area contributed by atoms with Crippen LogP contribution in [0.25, 0.3) is 0 Å². The monoisotopic (exact) mass is 408 g/mol. The predicted molar refractivity (Wildman–Crippen MR) is 101 cm³/mol. The van der Waals surface area contributed by atoms with Gasteiger partial charge < -0.3 is 19.5 Å². The topological polar surface area (TPSA) is 117 Å². The molecule has 2 aromatic carbocycles. The summed E-state index contributed by atoms with van der Waals surface area (Å²) in [5.41, 5.74) is -0.423. The van der Waals surface area contributed by atoms with E-state index >= 15 is 0 Å². The third-order valence-electron chi connectivity index (χ3n) is 3.68. The first-order valence-electron chi connectivity index (χ1n) is 7.94. The van der Waals surface area contributed by atoms with E-state index < -0.39 is 28.6 Å². The lowest BCUT2D eigenvalue weighted by atomic mass is 10.2. The zero-order valence-corrected chi connectivity index (χ0v) is 16.0. The van der Waals surface area contributed by atoms with Crippen LogP contribution in [0.4, 0.5) is 11.4 Å². The molecule has 148 valence electrons. The number of carbonyl (C=O) groups is 2. The van der Waals surface area contributed by atoms with Crippen LogP contribution < -0.4 is 14.8 Å². The molecule has 0 aliphatic heterocycles. The smallest absolute Gasteiger partial charge is 0.345 e. The third-order valence-corrected chi connectivity index (χ3v) is 3.92. The molecule has 1 N–H and O–H groups in total. The largest absolute Gasteiger partial charge is 0.493 e. The highest BCUT2D eigenvalue weighted by atomic mass is 35.5. The zero-order chi connectivity index (χ0) is 20.8. The maximum absolute atomic E-state index is 12.3. The Labute approximate surface area is 165 Å². The number of halogens is 1. The summed E-state index contributed by atoms with van der Waals surface area (Å²) >= 11 is 5.72. The van der Waals surface area contributed by atoms with Gasteiger partial charge in [0.1, 0.15) is 5.56 Å². The molecule has 1 atom stereocenters. The number of hydrogen-bond acceptors (Lipinski definition) is 7. The number of nitro benzene ring substituents is 1. The number of nitro groups is 1. The van der Waals surface area contributed by atoms with Crippen LogP contribution in [0.5, 0.6) is 11.5 Å². The van der Waals surface area contributed by atoms with Gasteiger partial charge in [0, 0.05) is 22.8 Å². The van der Waals surface area contributed by atoms with E-state index in [1.165, 1.54) is 39.3 Å². The van der Waals surface area contributed by atoms with Crippen LogP contribution in [0.15, 0.2) is 36.4 Å². The molecular weight excluding hydrogens is 392 g/mol. The molecule has 0 fully saturated rings. The Bertz CT molecular complexity index is 917. The van der Waals surface area contributed by atoms with Gasteiger partial charge in [-0.2, -0.15) is 0 Å². The van der Waals surface area contributed by atoms with Gasteiger partial charge in [-0.3, -0.25) is 14.9 Å². The lowest BCUT2D eigenvalue weighted by molar-refractivity contribution is -0.385. The molecule has 1 unspecified atom stereocenters. The number of hydrogen-bond donors (Lipinski definition) is 1. The molecule has 0 saturated heterocycles. The van der Waals surface area contributed by atoms with E-state index in [4.69, 9.17) is 25.8 Å². The second-order valence-corrected chi connectivity index (χ2v) is 5.96. The molecule has 0 spiro atoms. The van der Waals surface area contributed by atoms with Crippen molar-refractivity contribution in [3.63, 3.8) is 0 Å². The van der Waals surface area contributed by atoms with Crippen molar-refractivity contribution in [1.82, 2.24) is 0 Å². The third kappa shape index (κ3) is 4.89. The van der Waals surface area contributed by atoms with E-state index in [0.29, 0.717) is 17.2 Å². The first-order valence-corrected chi connectivity index (χ1v) is 8.32. The Morgan fingerprint density at radius 3 is 2.39 bits per heavy atom. The predicted octanol–water partition coefficient (Wildman–Crippen LogP) is 3.45. The standard InChI is InChI=1S/C18H17ClN2O7/c1-10(17(22)20-12-5-7-15(26-2)16(9-12)27-3)28-18(23)13-6-4-11(19)8-14(13)21(24)25/h4-10H,1-3H3,(H,20,22). The molecule has 0 aromatic heterocycles. The highest BCUT2D eigenvalue weighted by Crippen LogP contribution is 2.30. The first-order chi connectivity index (χ1) is 13.3. The average molecular weight is 409 g/mol. The Balaban J connectivity index is 2.10. The molecule has 0 aliphatic rings. The Morgan fingerprint density at radius 1 is 1.11 bits per heavy atom. The highest BCUT2D eigenvalue weighted by Gasteiger charge is 2.26. The molecule has 9 nitrogen and oxygen atoms in total. The summed E-state index contributed by atoms with van der Waals surface area (Å²) in [6, 6.07) is 8.24. The van der Waals surface area contributed by atoms with Crippen LogP contribution >= 0.6 is 11.6 Å². The van der Waals surface area contributed by atoms with E-state index in [9.17, 15) is 19.7 Å². The van der Waals surface area contributed by atoms with Crippen LogP contribution in [-0.4, -0.2) is 37.1 Å². The number of esters is 1. The van der Waals surface area contributed by atoms with Crippen LogP contribution in [0.3, 0.4) is 0 Å². The van der Waals surface area contributed by atoms with Crippen molar-refractivity contribution in [1.29, 1.82) is 0 Å². The number of nitrogens with one attached hydrogen (secondary N) is 1. The molecule has 1 amide bonds. The van der Waals surface area contributed by atoms with Crippen molar-refractivity contribution in [3.05, 3.63) is 57.1 Å². The van der Waals surface area contributed by atoms with E-state index in [1.807, 2.05) is 0 Å². The van der Waals surface area contributed by atoms with Crippen molar-refractivity contribution in [2.24, 2.45) is 0 Å². The zero-order valence-electron chi connectivity index (χ0n) is 15.2. The number of anilines is 1. The highest BCUT2D eigenvalue weighted by molar-refractivity contribution is 6.31. The second-order valence-electron chi connectivity index (χ2n) is 5.53. The van der Waals surface area contributed by atoms with Gasteiger partial charge in [-0.15, -0.1) is 0 Å². The lowest BCUT2D eigenvalue weighted by Crippen LogP contribution is -2.30. The summed E-state index contributed by atoms with van der Waals surface area (Å²) in [4.78, 5) is 34.9. The second kappa shape index (κ2) is 9.05. The van der Waals surface area contributed by atoms with Crippen LogP contribution in [0, 0.1) is 10.1 Å². The Hall–Kier alpha value is -3.33. The van der Waals surface area contributed by atoms with Crippen LogP contribution in [0.2, 0.25) is 5.02 Å². The summed E-state index contributed by atoms with van der Waals surface area (Å²) in [5, 5.41) is 13.8. The van der Waals surface area contributed by atoms with E-state index in [2.05, 4.69) is 5.32 Å². The van der Waals surface area contributed by atoms with E-state index in [1.54, 1.807) is 12.1 Å².